The molecule has 0 saturated heterocycles. The van der Waals surface area contributed by atoms with Crippen LogP contribution < -0.4 is 33.1 Å². The van der Waals surface area contributed by atoms with E-state index in [0.29, 0.717) is 0 Å². The lowest BCUT2D eigenvalue weighted by atomic mass is 14.0. The van der Waals surface area contributed by atoms with E-state index in [-0.39, 0.29) is 18.5 Å². The normalized spacial score (nSPS) is 10.7. The van der Waals surface area contributed by atoms with Gasteiger partial charge in [-0.15, -0.1) is 0 Å². The van der Waals surface area contributed by atoms with Crippen LogP contribution in [0.5, 0.6) is 0 Å². The van der Waals surface area contributed by atoms with Crippen LogP contribution in [0.15, 0.2) is 0 Å². The van der Waals surface area contributed by atoms with Crippen LogP contribution in [0.1, 0.15) is 0 Å². The lowest BCUT2D eigenvalue weighted by Gasteiger charge is -2.36. The van der Waals surface area contributed by atoms with Gasteiger partial charge in [-0.2, -0.15) is 7.82 Å². The highest BCUT2D eigenvalue weighted by atomic mass is 31.2. The molecule has 27 nitrogen and oxygen atoms in total. The molecular formula is H27N3O24P6. The van der Waals surface area contributed by atoms with E-state index in [9.17, 15) is 0 Å². The van der Waals surface area contributed by atoms with Crippen molar-refractivity contribution in [3.63, 3.8) is 0 Å². The Morgan fingerprint density at radius 3 is 0.303 bits per heavy atom. The molecule has 0 heterocycles. The second-order valence-corrected chi connectivity index (χ2v) is 9.04. The SMILES string of the molecule is O=P(O)(O)O.O=P(O)(O)O.O=P(O)(O)O.O=P(O)(O)O.O=P(O)(O)O.O=P([O-])([O-])[O-].[NH4+].[NH4+].[NH4+]. The average molecular weight is 639 g/mol. The number of hydrogen-bond acceptors (Lipinski definition) is 9. The maximum atomic E-state index is 8.88. The highest BCUT2D eigenvalue weighted by Gasteiger charge is 2.01. The molecule has 0 spiro atoms. The first-order chi connectivity index (χ1) is 12.0. The van der Waals surface area contributed by atoms with Gasteiger partial charge >= 0.3 is 39.1 Å². The second-order valence-electron chi connectivity index (χ2n) is 3.01. The Bertz CT molecular complexity index is 468. The molecule has 33 heteroatoms. The quantitative estimate of drug-likeness (QED) is 0.110. The molecule has 216 valence electrons. The third-order valence-electron chi connectivity index (χ3n) is 0. The largest absolute Gasteiger partial charge is 0.822 e. The lowest BCUT2D eigenvalue weighted by Crippen LogP contribution is -2.24. The first kappa shape index (κ1) is 59.0. The molecule has 0 bridgehead atoms. The maximum Gasteiger partial charge on any atom is 0.466 e. The predicted molar refractivity (Wildman–Crippen MR) is 96.9 cm³/mol. The van der Waals surface area contributed by atoms with E-state index in [2.05, 4.69) is 0 Å². The van der Waals surface area contributed by atoms with E-state index in [4.69, 9.17) is 115 Å². The molecule has 0 saturated carbocycles. The molecule has 0 aromatic rings. The van der Waals surface area contributed by atoms with Gasteiger partial charge in [-0.1, -0.05) is 0 Å². The van der Waals surface area contributed by atoms with Crippen molar-refractivity contribution in [3.8, 4) is 0 Å². The molecule has 0 aliphatic carbocycles. The molecule has 0 rings (SSSR count). The van der Waals surface area contributed by atoms with Gasteiger partial charge in [-0.05, 0) is 0 Å². The first-order valence-corrected chi connectivity index (χ1v) is 13.9. The van der Waals surface area contributed by atoms with Crippen molar-refractivity contribution in [2.24, 2.45) is 0 Å². The number of rotatable bonds is 0. The summed E-state index contributed by atoms with van der Waals surface area (Å²) in [5.74, 6) is 0. The Labute approximate surface area is 181 Å². The van der Waals surface area contributed by atoms with E-state index in [1.54, 1.807) is 0 Å². The summed E-state index contributed by atoms with van der Waals surface area (Å²) in [5.41, 5.74) is 0. The molecule has 27 N–H and O–H groups in total. The molecule has 0 aromatic heterocycles. The topological polar surface area (TPSA) is 585 Å². The second kappa shape index (κ2) is 24.2. The van der Waals surface area contributed by atoms with Crippen molar-refractivity contribution in [2.45, 2.75) is 0 Å². The van der Waals surface area contributed by atoms with Gasteiger partial charge in [0.15, 0.2) is 0 Å². The zero-order valence-corrected chi connectivity index (χ0v) is 21.4. The summed E-state index contributed by atoms with van der Waals surface area (Å²) in [6, 6.07) is 0. The highest BCUT2D eigenvalue weighted by Crippen LogP contribution is 2.27. The van der Waals surface area contributed by atoms with Crippen molar-refractivity contribution >= 4 is 46.9 Å². The van der Waals surface area contributed by atoms with E-state index < -0.39 is 46.9 Å². The van der Waals surface area contributed by atoms with Crippen LogP contribution in [0.25, 0.3) is 0 Å². The molecule has 0 radical (unpaired) electrons. The molecule has 0 fully saturated rings. The summed E-state index contributed by atoms with van der Waals surface area (Å²) >= 11 is 0. The summed E-state index contributed by atoms with van der Waals surface area (Å²) in [6.45, 7) is 0. The summed E-state index contributed by atoms with van der Waals surface area (Å²) in [5, 5.41) is 0. The minimum absolute atomic E-state index is 0. The molecule has 0 aliphatic heterocycles. The predicted octanol–water partition coefficient (Wildman–Crippen LogP) is -6.34. The van der Waals surface area contributed by atoms with Crippen LogP contribution in [-0.2, 0) is 27.4 Å². The zero-order valence-electron chi connectivity index (χ0n) is 16.1. The van der Waals surface area contributed by atoms with E-state index in [1.165, 1.54) is 0 Å². The van der Waals surface area contributed by atoms with Crippen LogP contribution in [0, 0.1) is 0 Å². The number of phosphoric acid groups is 6. The van der Waals surface area contributed by atoms with Gasteiger partial charge in [0, 0.05) is 0 Å². The van der Waals surface area contributed by atoms with Crippen molar-refractivity contribution in [1.29, 1.82) is 0 Å². The van der Waals surface area contributed by atoms with Crippen LogP contribution in [-0.4, -0.2) is 73.4 Å². The molecule has 0 unspecified atom stereocenters. The average Bonchev–Trinajstić information content (AvgIpc) is 1.94. The van der Waals surface area contributed by atoms with Crippen LogP contribution in [0.2, 0.25) is 0 Å². The van der Waals surface area contributed by atoms with Gasteiger partial charge < -0.3 is 111 Å². The molecule has 0 aromatic carbocycles. The fourth-order valence-electron chi connectivity index (χ4n) is 0. The fraction of sp³-hybridized carbons (Fsp3) is 0. The summed E-state index contributed by atoms with van der Waals surface area (Å²) in [7, 11) is -28.6. The molecular weight excluding hydrogens is 612 g/mol. The van der Waals surface area contributed by atoms with E-state index >= 15 is 0 Å². The van der Waals surface area contributed by atoms with Gasteiger partial charge in [-0.3, -0.25) is 0 Å². The monoisotopic (exact) mass is 639 g/mol. The summed E-state index contributed by atoms with van der Waals surface area (Å²) in [4.78, 5) is 133. The minimum Gasteiger partial charge on any atom is -0.822 e. The zero-order chi connectivity index (χ0) is 27.0. The Balaban J connectivity index is -0.0000000294. The Morgan fingerprint density at radius 1 is 0.303 bits per heavy atom. The van der Waals surface area contributed by atoms with Crippen molar-refractivity contribution < 1.29 is 115 Å². The van der Waals surface area contributed by atoms with Gasteiger partial charge in [0.2, 0.25) is 0 Å². The van der Waals surface area contributed by atoms with Crippen LogP contribution >= 0.6 is 46.9 Å². The van der Waals surface area contributed by atoms with E-state index in [0.717, 1.165) is 0 Å². The van der Waals surface area contributed by atoms with Gasteiger partial charge in [0.05, 0.1) is 0 Å². The van der Waals surface area contributed by atoms with Crippen molar-refractivity contribution in [3.05, 3.63) is 0 Å². The van der Waals surface area contributed by atoms with Crippen molar-refractivity contribution in [2.75, 3.05) is 0 Å². The molecule has 0 amide bonds. The Kier molecular flexibility index (Phi) is 43.3. The van der Waals surface area contributed by atoms with Crippen LogP contribution in [0.4, 0.5) is 0 Å². The smallest absolute Gasteiger partial charge is 0.466 e. The van der Waals surface area contributed by atoms with Gasteiger partial charge in [0.25, 0.3) is 0 Å². The molecule has 0 aliphatic rings. The summed E-state index contributed by atoms with van der Waals surface area (Å²) in [6.07, 6.45) is 0. The van der Waals surface area contributed by atoms with Crippen LogP contribution in [0.3, 0.4) is 0 Å². The van der Waals surface area contributed by atoms with Gasteiger partial charge in [-0.25, -0.2) is 22.8 Å². The van der Waals surface area contributed by atoms with E-state index in [1.807, 2.05) is 0 Å². The Morgan fingerprint density at radius 2 is 0.303 bits per heavy atom. The first-order valence-electron chi connectivity index (χ1n) is 4.64. The third-order valence-corrected chi connectivity index (χ3v) is 0. The number of quaternary nitrogens is 3. The standard InChI is InChI=1S/3H3N.6H3O4P/c;;;6*1-5(2,3)4/h3*1H3;6*(H3,1,2,3,4). The van der Waals surface area contributed by atoms with Crippen molar-refractivity contribution in [1.82, 2.24) is 18.5 Å². The minimum atomic E-state index is -5.39. The molecule has 0 atom stereocenters. The maximum absolute atomic E-state index is 8.88. The van der Waals surface area contributed by atoms with Gasteiger partial charge in [0.1, 0.15) is 0 Å². The fourth-order valence-corrected chi connectivity index (χ4v) is 0. The lowest BCUT2D eigenvalue weighted by molar-refractivity contribution is -0.432. The Hall–Kier alpha value is 0.540. The highest BCUT2D eigenvalue weighted by molar-refractivity contribution is 7.46. The molecule has 33 heavy (non-hydrogen) atoms. The summed E-state index contributed by atoms with van der Waals surface area (Å²) < 4.78 is 53.0. The third kappa shape index (κ3) is 104000. The number of hydrogen-bond donors (Lipinski definition) is 18.